The van der Waals surface area contributed by atoms with E-state index < -0.39 is 0 Å². The molecule has 1 atom stereocenters. The SMILES string of the molecule is C=CCCc1cc(C)cc(CCC(=C)NC(CCC(=C)NC)C(=C)NC)c1. The van der Waals surface area contributed by atoms with E-state index in [2.05, 4.69) is 67.4 Å². The molecular formula is C24H37N3. The molecule has 0 aliphatic carbocycles. The van der Waals surface area contributed by atoms with Gasteiger partial charge in [-0.05, 0) is 56.6 Å². The van der Waals surface area contributed by atoms with Crippen LogP contribution in [0, 0.1) is 6.92 Å². The minimum Gasteiger partial charge on any atom is -0.392 e. The monoisotopic (exact) mass is 367 g/mol. The van der Waals surface area contributed by atoms with E-state index in [4.69, 9.17) is 0 Å². The van der Waals surface area contributed by atoms with Crippen molar-refractivity contribution in [1.29, 1.82) is 0 Å². The second-order valence-corrected chi connectivity index (χ2v) is 7.12. The molecule has 148 valence electrons. The summed E-state index contributed by atoms with van der Waals surface area (Å²) in [6.07, 6.45) is 7.76. The van der Waals surface area contributed by atoms with Crippen molar-refractivity contribution >= 4 is 0 Å². The molecule has 0 radical (unpaired) electrons. The maximum Gasteiger partial charge on any atom is 0.0654 e. The van der Waals surface area contributed by atoms with E-state index in [0.29, 0.717) is 0 Å². The van der Waals surface area contributed by atoms with Gasteiger partial charge in [-0.25, -0.2) is 0 Å². The molecule has 0 heterocycles. The van der Waals surface area contributed by atoms with Crippen molar-refractivity contribution in [2.75, 3.05) is 14.1 Å². The highest BCUT2D eigenvalue weighted by Crippen LogP contribution is 2.16. The normalized spacial score (nSPS) is 11.4. The van der Waals surface area contributed by atoms with Crippen LogP contribution >= 0.6 is 0 Å². The quantitative estimate of drug-likeness (QED) is 0.415. The summed E-state index contributed by atoms with van der Waals surface area (Å²) in [5, 5.41) is 9.81. The van der Waals surface area contributed by atoms with Gasteiger partial charge in [0.2, 0.25) is 0 Å². The first-order chi connectivity index (χ1) is 12.9. The minimum absolute atomic E-state index is 0.147. The molecule has 0 aromatic heterocycles. The largest absolute Gasteiger partial charge is 0.392 e. The van der Waals surface area contributed by atoms with Gasteiger partial charge in [0.1, 0.15) is 0 Å². The molecular weight excluding hydrogens is 330 g/mol. The zero-order valence-corrected chi connectivity index (χ0v) is 17.5. The smallest absolute Gasteiger partial charge is 0.0654 e. The van der Waals surface area contributed by atoms with Crippen molar-refractivity contribution in [3.05, 3.63) is 84.4 Å². The Morgan fingerprint density at radius 1 is 0.963 bits per heavy atom. The van der Waals surface area contributed by atoms with Gasteiger partial charge < -0.3 is 16.0 Å². The van der Waals surface area contributed by atoms with Crippen LogP contribution in [0.3, 0.4) is 0 Å². The molecule has 27 heavy (non-hydrogen) atoms. The van der Waals surface area contributed by atoms with Gasteiger partial charge in [-0.15, -0.1) is 6.58 Å². The van der Waals surface area contributed by atoms with Gasteiger partial charge in [0, 0.05) is 31.2 Å². The van der Waals surface area contributed by atoms with Crippen LogP contribution in [-0.4, -0.2) is 20.1 Å². The number of allylic oxidation sites excluding steroid dienone is 3. The van der Waals surface area contributed by atoms with E-state index in [1.54, 1.807) is 0 Å². The van der Waals surface area contributed by atoms with Crippen molar-refractivity contribution in [2.24, 2.45) is 0 Å². The topological polar surface area (TPSA) is 36.1 Å². The Bertz CT molecular complexity index is 658. The fourth-order valence-corrected chi connectivity index (χ4v) is 3.07. The fraction of sp³-hybridized carbons (Fsp3) is 0.417. The number of aryl methyl sites for hydroxylation is 3. The Hall–Kier alpha value is -2.42. The van der Waals surface area contributed by atoms with Gasteiger partial charge >= 0.3 is 0 Å². The Balaban J connectivity index is 2.63. The van der Waals surface area contributed by atoms with Crippen molar-refractivity contribution < 1.29 is 0 Å². The third kappa shape index (κ3) is 8.67. The lowest BCUT2D eigenvalue weighted by atomic mass is 9.99. The third-order valence-electron chi connectivity index (χ3n) is 4.76. The fourth-order valence-electron chi connectivity index (χ4n) is 3.07. The van der Waals surface area contributed by atoms with Gasteiger partial charge in [-0.3, -0.25) is 0 Å². The van der Waals surface area contributed by atoms with Gasteiger partial charge in [-0.1, -0.05) is 49.6 Å². The third-order valence-corrected chi connectivity index (χ3v) is 4.76. The second kappa shape index (κ2) is 12.1. The highest BCUT2D eigenvalue weighted by Gasteiger charge is 2.13. The summed E-state index contributed by atoms with van der Waals surface area (Å²) >= 11 is 0. The van der Waals surface area contributed by atoms with E-state index in [1.165, 1.54) is 16.7 Å². The maximum atomic E-state index is 4.24. The molecule has 1 aromatic carbocycles. The van der Waals surface area contributed by atoms with Crippen LogP contribution in [-0.2, 0) is 12.8 Å². The van der Waals surface area contributed by atoms with Crippen LogP contribution in [0.25, 0.3) is 0 Å². The summed E-state index contributed by atoms with van der Waals surface area (Å²) in [6.45, 7) is 18.4. The van der Waals surface area contributed by atoms with Gasteiger partial charge in [0.05, 0.1) is 6.04 Å². The lowest BCUT2D eigenvalue weighted by Gasteiger charge is -2.24. The van der Waals surface area contributed by atoms with Crippen molar-refractivity contribution in [3.8, 4) is 0 Å². The first-order valence-corrected chi connectivity index (χ1v) is 9.76. The average Bonchev–Trinajstić information content (AvgIpc) is 2.66. The summed E-state index contributed by atoms with van der Waals surface area (Å²) in [4.78, 5) is 0. The number of benzene rings is 1. The number of hydrogen-bond donors (Lipinski definition) is 3. The van der Waals surface area contributed by atoms with Gasteiger partial charge in [-0.2, -0.15) is 0 Å². The molecule has 3 heteroatoms. The summed E-state index contributed by atoms with van der Waals surface area (Å²) in [5.74, 6) is 0. The predicted molar refractivity (Wildman–Crippen MR) is 120 cm³/mol. The van der Waals surface area contributed by atoms with Crippen LogP contribution in [0.5, 0.6) is 0 Å². The Labute approximate surface area is 166 Å². The number of nitrogens with one attached hydrogen (secondary N) is 3. The van der Waals surface area contributed by atoms with E-state index >= 15 is 0 Å². The lowest BCUT2D eigenvalue weighted by molar-refractivity contribution is 0.547. The summed E-state index contributed by atoms with van der Waals surface area (Å²) in [7, 11) is 3.81. The second-order valence-electron chi connectivity index (χ2n) is 7.12. The van der Waals surface area contributed by atoms with Crippen LogP contribution in [0.15, 0.2) is 67.7 Å². The van der Waals surface area contributed by atoms with Crippen molar-refractivity contribution in [1.82, 2.24) is 16.0 Å². The van der Waals surface area contributed by atoms with E-state index in [1.807, 2.05) is 20.2 Å². The van der Waals surface area contributed by atoms with Crippen LogP contribution in [0.1, 0.15) is 42.4 Å². The summed E-state index contributed by atoms with van der Waals surface area (Å²) < 4.78 is 0. The number of hydrogen-bond acceptors (Lipinski definition) is 3. The van der Waals surface area contributed by atoms with Gasteiger partial charge in [0.15, 0.2) is 0 Å². The minimum atomic E-state index is 0.147. The van der Waals surface area contributed by atoms with E-state index in [0.717, 1.165) is 55.6 Å². The van der Waals surface area contributed by atoms with Crippen LogP contribution < -0.4 is 16.0 Å². The molecule has 1 aromatic rings. The molecule has 3 nitrogen and oxygen atoms in total. The van der Waals surface area contributed by atoms with Crippen molar-refractivity contribution in [3.63, 3.8) is 0 Å². The molecule has 1 unspecified atom stereocenters. The molecule has 0 fully saturated rings. The number of rotatable bonds is 14. The first kappa shape index (κ1) is 22.6. The van der Waals surface area contributed by atoms with Crippen LogP contribution in [0.4, 0.5) is 0 Å². The predicted octanol–water partition coefficient (Wildman–Crippen LogP) is 4.76. The molecule has 0 aliphatic heterocycles. The van der Waals surface area contributed by atoms with Crippen molar-refractivity contribution in [2.45, 2.75) is 51.5 Å². The maximum absolute atomic E-state index is 4.24. The number of likely N-dealkylation sites (N-methyl/N-ethyl adjacent to an activating group) is 1. The standard InChI is InChI=1S/C24H37N3/c1-8-9-10-22-15-18(2)16-23(17-22)13-11-20(4)27-24(21(5)26-7)14-12-19(3)25-6/h8,15-17,24-27H,1,3-5,9-14H2,2,6-7H3. The lowest BCUT2D eigenvalue weighted by Crippen LogP contribution is -2.34. The zero-order chi connectivity index (χ0) is 20.2. The first-order valence-electron chi connectivity index (χ1n) is 9.76. The molecule has 0 aliphatic rings. The summed E-state index contributed by atoms with van der Waals surface area (Å²) in [5.41, 5.74) is 7.11. The molecule has 0 amide bonds. The molecule has 3 N–H and O–H groups in total. The highest BCUT2D eigenvalue weighted by molar-refractivity contribution is 5.30. The molecule has 0 bridgehead atoms. The van der Waals surface area contributed by atoms with E-state index in [-0.39, 0.29) is 6.04 Å². The molecule has 0 saturated carbocycles. The van der Waals surface area contributed by atoms with Gasteiger partial charge in [0.25, 0.3) is 0 Å². The van der Waals surface area contributed by atoms with Crippen LogP contribution in [0.2, 0.25) is 0 Å². The molecule has 0 saturated heterocycles. The Kier molecular flexibility index (Phi) is 10.1. The molecule has 1 rings (SSSR count). The highest BCUT2D eigenvalue weighted by atomic mass is 15.0. The summed E-state index contributed by atoms with van der Waals surface area (Å²) in [6, 6.07) is 6.99. The van der Waals surface area contributed by atoms with E-state index in [9.17, 15) is 0 Å². The Morgan fingerprint density at radius 3 is 2.22 bits per heavy atom. The zero-order valence-electron chi connectivity index (χ0n) is 17.5. The molecule has 0 spiro atoms. The average molecular weight is 368 g/mol. The Morgan fingerprint density at radius 2 is 1.63 bits per heavy atom.